The molecule has 1 aromatic carbocycles. The largest absolute Gasteiger partial charge is 0.425 e. The summed E-state index contributed by atoms with van der Waals surface area (Å²) in [6.45, 7) is 0. The minimum Gasteiger partial charge on any atom is -0.374 e. The molecule has 0 radical (unpaired) electrons. The zero-order valence-corrected chi connectivity index (χ0v) is 16.7. The van der Waals surface area contributed by atoms with E-state index in [4.69, 9.17) is 0 Å². The van der Waals surface area contributed by atoms with E-state index in [1.807, 2.05) is 10.9 Å². The quantitative estimate of drug-likeness (QED) is 0.406. The minimum atomic E-state index is -5.19. The molecule has 0 fully saturated rings. The van der Waals surface area contributed by atoms with Crippen molar-refractivity contribution in [1.29, 1.82) is 0 Å². The number of nitrogens with one attached hydrogen (secondary N) is 2. The molecule has 2 aromatic heterocycles. The van der Waals surface area contributed by atoms with Gasteiger partial charge >= 0.3 is 6.18 Å². The van der Waals surface area contributed by atoms with Crippen molar-refractivity contribution in [1.82, 2.24) is 20.4 Å². The van der Waals surface area contributed by atoms with Gasteiger partial charge in [-0.15, -0.1) is 11.3 Å². The number of thiophene rings is 1. The highest BCUT2D eigenvalue weighted by Crippen LogP contribution is 2.40. The average molecular weight is 456 g/mol. The number of carbonyl (C=O) groups is 2. The van der Waals surface area contributed by atoms with E-state index in [1.54, 1.807) is 6.07 Å². The number of carbonyl (C=O) groups excluding carboxylic acids is 2. The van der Waals surface area contributed by atoms with Crippen molar-refractivity contribution in [3.05, 3.63) is 65.3 Å². The number of nitrogens with zero attached hydrogens (tertiary/aromatic N) is 2. The van der Waals surface area contributed by atoms with Gasteiger partial charge in [0, 0.05) is 24.3 Å². The average Bonchev–Trinajstić information content (AvgIpc) is 3.35. The lowest BCUT2D eigenvalue weighted by molar-refractivity contribution is -0.271. The first-order chi connectivity index (χ1) is 14.5. The predicted molar refractivity (Wildman–Crippen MR) is 103 cm³/mol. The molecule has 3 N–H and O–H groups in total. The van der Waals surface area contributed by atoms with Crippen LogP contribution < -0.4 is 10.9 Å². The van der Waals surface area contributed by atoms with Gasteiger partial charge in [0.2, 0.25) is 11.5 Å². The van der Waals surface area contributed by atoms with Crippen LogP contribution in [0.3, 0.4) is 0 Å². The molecule has 31 heavy (non-hydrogen) atoms. The summed E-state index contributed by atoms with van der Waals surface area (Å²) in [6, 6.07) is 8.64. The zero-order chi connectivity index (χ0) is 22.8. The lowest BCUT2D eigenvalue weighted by Crippen LogP contribution is -2.50. The highest BCUT2D eigenvalue weighted by Gasteiger charge is 2.58. The van der Waals surface area contributed by atoms with Crippen LogP contribution in [0, 0.1) is 5.82 Å². The second kappa shape index (κ2) is 8.47. The summed E-state index contributed by atoms with van der Waals surface area (Å²) in [5.74, 6) is -3.21. The molecule has 1 unspecified atom stereocenters. The van der Waals surface area contributed by atoms with Crippen LogP contribution in [0.1, 0.15) is 21.9 Å². The van der Waals surface area contributed by atoms with E-state index in [-0.39, 0.29) is 4.88 Å². The molecule has 0 aliphatic carbocycles. The molecule has 1 atom stereocenters. The highest BCUT2D eigenvalue weighted by molar-refractivity contribution is 7.17. The number of alkyl halides is 3. The van der Waals surface area contributed by atoms with Crippen LogP contribution >= 0.6 is 11.3 Å². The molecule has 0 saturated heterocycles. The molecule has 2 amide bonds. The third-order valence-electron chi connectivity index (χ3n) is 4.35. The Morgan fingerprint density at radius 3 is 2.39 bits per heavy atom. The minimum absolute atomic E-state index is 0.162. The maximum Gasteiger partial charge on any atom is 0.425 e. The number of aliphatic hydroxyl groups is 1. The van der Waals surface area contributed by atoms with Gasteiger partial charge in [0.1, 0.15) is 5.82 Å². The molecule has 0 spiro atoms. The third kappa shape index (κ3) is 4.75. The van der Waals surface area contributed by atoms with E-state index in [9.17, 15) is 32.3 Å². The van der Waals surface area contributed by atoms with Crippen LogP contribution in [-0.2, 0) is 17.4 Å². The van der Waals surface area contributed by atoms with Gasteiger partial charge in [-0.2, -0.15) is 13.2 Å². The van der Waals surface area contributed by atoms with Gasteiger partial charge < -0.3 is 9.67 Å². The van der Waals surface area contributed by atoms with Gasteiger partial charge in [0.05, 0.1) is 11.3 Å². The summed E-state index contributed by atoms with van der Waals surface area (Å²) in [6.07, 6.45) is -4.35. The van der Waals surface area contributed by atoms with Gasteiger partial charge in [-0.1, -0.05) is 12.1 Å². The maximum absolute atomic E-state index is 13.5. The van der Waals surface area contributed by atoms with Crippen molar-refractivity contribution in [2.75, 3.05) is 0 Å². The van der Waals surface area contributed by atoms with Crippen LogP contribution in [0.2, 0.25) is 0 Å². The molecule has 0 aliphatic rings. The fraction of sp³-hybridized carbons (Fsp3) is 0.211. The molecule has 3 rings (SSSR count). The molecule has 0 aliphatic heterocycles. The first kappa shape index (κ1) is 22.4. The summed E-state index contributed by atoms with van der Waals surface area (Å²) in [7, 11) is 1.24. The standard InChI is InChI=1S/C19H16F4N4O3S/c1-27-9-8-24-17(27)18(30,19(21,22)23)10-15(28)25-26-16(29)14-7-6-13(31-14)11-2-4-12(20)5-3-11/h2-9,30H,10H2,1H3,(H,25,28)(H,26,29). The number of hydrogen-bond acceptors (Lipinski definition) is 5. The summed E-state index contributed by atoms with van der Waals surface area (Å²) >= 11 is 1.04. The number of benzene rings is 1. The topological polar surface area (TPSA) is 96.2 Å². The Morgan fingerprint density at radius 2 is 1.81 bits per heavy atom. The molecule has 0 bridgehead atoms. The monoisotopic (exact) mass is 456 g/mol. The Kier molecular flexibility index (Phi) is 6.13. The Balaban J connectivity index is 1.65. The number of rotatable bonds is 5. The Morgan fingerprint density at radius 1 is 1.13 bits per heavy atom. The lowest BCUT2D eigenvalue weighted by atomic mass is 9.97. The van der Waals surface area contributed by atoms with Gasteiger partial charge in [0.25, 0.3) is 5.91 Å². The number of imidazole rings is 1. The Bertz CT molecular complexity index is 1090. The summed E-state index contributed by atoms with van der Waals surface area (Å²) in [4.78, 5) is 28.6. The first-order valence-electron chi connectivity index (χ1n) is 8.73. The van der Waals surface area contributed by atoms with Crippen molar-refractivity contribution in [2.24, 2.45) is 7.05 Å². The van der Waals surface area contributed by atoms with Crippen LogP contribution in [0.15, 0.2) is 48.8 Å². The normalized spacial score (nSPS) is 13.5. The molecule has 7 nitrogen and oxygen atoms in total. The third-order valence-corrected chi connectivity index (χ3v) is 5.48. The summed E-state index contributed by atoms with van der Waals surface area (Å²) in [5, 5.41) is 10.2. The molecule has 0 saturated carbocycles. The number of amides is 2. The van der Waals surface area contributed by atoms with Gasteiger partial charge in [-0.25, -0.2) is 9.37 Å². The zero-order valence-electron chi connectivity index (χ0n) is 15.9. The van der Waals surface area contributed by atoms with Crippen LogP contribution in [-0.4, -0.2) is 32.6 Å². The molecule has 164 valence electrons. The van der Waals surface area contributed by atoms with Crippen molar-refractivity contribution >= 4 is 23.2 Å². The van der Waals surface area contributed by atoms with Crippen LogP contribution in [0.25, 0.3) is 10.4 Å². The van der Waals surface area contributed by atoms with Crippen molar-refractivity contribution in [3.63, 3.8) is 0 Å². The van der Waals surface area contributed by atoms with Gasteiger partial charge in [0.15, 0.2) is 5.82 Å². The smallest absolute Gasteiger partial charge is 0.374 e. The van der Waals surface area contributed by atoms with Crippen molar-refractivity contribution < 1.29 is 32.3 Å². The van der Waals surface area contributed by atoms with E-state index in [0.717, 1.165) is 22.1 Å². The molecule has 3 aromatic rings. The van der Waals surface area contributed by atoms with E-state index in [1.165, 1.54) is 43.6 Å². The van der Waals surface area contributed by atoms with E-state index in [2.05, 4.69) is 4.98 Å². The number of aryl methyl sites for hydroxylation is 1. The van der Waals surface area contributed by atoms with Crippen molar-refractivity contribution in [3.8, 4) is 10.4 Å². The van der Waals surface area contributed by atoms with E-state index >= 15 is 0 Å². The fourth-order valence-electron chi connectivity index (χ4n) is 2.76. The van der Waals surface area contributed by atoms with E-state index in [0.29, 0.717) is 10.4 Å². The second-order valence-electron chi connectivity index (χ2n) is 6.57. The molecule has 2 heterocycles. The molecule has 12 heteroatoms. The predicted octanol–water partition coefficient (Wildman–Crippen LogP) is 2.89. The van der Waals surface area contributed by atoms with Gasteiger partial charge in [-0.3, -0.25) is 20.4 Å². The lowest BCUT2D eigenvalue weighted by Gasteiger charge is -2.29. The maximum atomic E-state index is 13.5. The number of hydrogen-bond donors (Lipinski definition) is 3. The number of aromatic nitrogens is 2. The van der Waals surface area contributed by atoms with Crippen molar-refractivity contribution in [2.45, 2.75) is 18.2 Å². The highest BCUT2D eigenvalue weighted by atomic mass is 32.1. The Hall–Kier alpha value is -3.25. The molecular formula is C19H16F4N4O3S. The number of hydrazine groups is 1. The summed E-state index contributed by atoms with van der Waals surface area (Å²) < 4.78 is 54.4. The fourth-order valence-corrected chi connectivity index (χ4v) is 3.67. The van der Waals surface area contributed by atoms with Crippen LogP contribution in [0.5, 0.6) is 0 Å². The molecular weight excluding hydrogens is 440 g/mol. The summed E-state index contributed by atoms with van der Waals surface area (Å²) in [5.41, 5.74) is 1.00. The van der Waals surface area contributed by atoms with Crippen LogP contribution in [0.4, 0.5) is 17.6 Å². The number of halogens is 4. The van der Waals surface area contributed by atoms with Gasteiger partial charge in [-0.05, 0) is 29.8 Å². The van der Waals surface area contributed by atoms with E-state index < -0.39 is 41.7 Å². The second-order valence-corrected chi connectivity index (χ2v) is 7.65. The SMILES string of the molecule is Cn1ccnc1C(O)(CC(=O)NNC(=O)c1ccc(-c2ccc(F)cc2)s1)C(F)(F)F. The Labute approximate surface area is 177 Å². The first-order valence-corrected chi connectivity index (χ1v) is 9.55.